The molecule has 4 aromatic rings. The number of aryl methyl sites for hydroxylation is 1. The molecule has 188 valence electrons. The van der Waals surface area contributed by atoms with Crippen LogP contribution >= 0.6 is 11.6 Å². The van der Waals surface area contributed by atoms with Gasteiger partial charge in [0.1, 0.15) is 35.5 Å². The molecule has 2 N–H and O–H groups in total. The first-order valence-corrected chi connectivity index (χ1v) is 12.3. The van der Waals surface area contributed by atoms with E-state index >= 15 is 0 Å². The Hall–Kier alpha value is -4.73. The first-order valence-electron chi connectivity index (χ1n) is 11.9. The Morgan fingerprint density at radius 2 is 1.79 bits per heavy atom. The maximum Gasteiger partial charge on any atom is 0.343 e. The van der Waals surface area contributed by atoms with Crippen molar-refractivity contribution in [2.75, 3.05) is 0 Å². The molecule has 5 rings (SSSR count). The van der Waals surface area contributed by atoms with Gasteiger partial charge in [0.2, 0.25) is 5.88 Å². The maximum atomic E-state index is 12.6. The lowest BCUT2D eigenvalue weighted by Crippen LogP contribution is -2.21. The minimum absolute atomic E-state index is 0.000327. The summed E-state index contributed by atoms with van der Waals surface area (Å²) in [5.41, 5.74) is 10.4. The molecule has 0 spiro atoms. The van der Waals surface area contributed by atoms with Crippen molar-refractivity contribution in [3.8, 4) is 23.3 Å². The van der Waals surface area contributed by atoms with Gasteiger partial charge in [-0.1, -0.05) is 59.6 Å². The molecule has 0 bridgehead atoms. The van der Waals surface area contributed by atoms with E-state index in [9.17, 15) is 10.1 Å². The summed E-state index contributed by atoms with van der Waals surface area (Å²) in [4.78, 5) is 12.6. The van der Waals surface area contributed by atoms with Gasteiger partial charge in [-0.25, -0.2) is 4.79 Å². The SMILES string of the molecule is Cc1cccc(C(=O)Oc2ccc3c(c2)OC(N)=C(C#N)C3c2cccc(OCc3ccc(Cl)cc3)c2)c1. The second kappa shape index (κ2) is 10.7. The number of hydrogen-bond acceptors (Lipinski definition) is 6. The first kappa shape index (κ1) is 24.9. The minimum atomic E-state index is -0.482. The number of nitriles is 1. The van der Waals surface area contributed by atoms with Gasteiger partial charge in [-0.3, -0.25) is 0 Å². The van der Waals surface area contributed by atoms with Crippen LogP contribution in [-0.4, -0.2) is 5.97 Å². The number of fused-ring (bicyclic) bond motifs is 1. The smallest absolute Gasteiger partial charge is 0.343 e. The van der Waals surface area contributed by atoms with Gasteiger partial charge in [0.05, 0.1) is 11.5 Å². The first-order chi connectivity index (χ1) is 18.4. The standard InChI is InChI=1S/C31H23ClN2O4/c1-19-4-2-6-22(14-19)31(35)37-25-12-13-26-28(16-25)38-30(34)27(17-33)29(26)21-5-3-7-24(15-21)36-18-20-8-10-23(32)11-9-20/h2-16,29H,18,34H2,1H3. The summed E-state index contributed by atoms with van der Waals surface area (Å²) in [7, 11) is 0. The number of hydrogen-bond donors (Lipinski definition) is 1. The van der Waals surface area contributed by atoms with E-state index in [-0.39, 0.29) is 11.5 Å². The Balaban J connectivity index is 1.42. The summed E-state index contributed by atoms with van der Waals surface area (Å²) >= 11 is 5.97. The van der Waals surface area contributed by atoms with Gasteiger partial charge in [-0.05, 0) is 60.5 Å². The van der Waals surface area contributed by atoms with E-state index in [0.29, 0.717) is 34.4 Å². The molecule has 0 aromatic heterocycles. The number of nitrogens with two attached hydrogens (primary N) is 1. The largest absolute Gasteiger partial charge is 0.489 e. The van der Waals surface area contributed by atoms with Gasteiger partial charge in [-0.15, -0.1) is 0 Å². The summed E-state index contributed by atoms with van der Waals surface area (Å²) in [5, 5.41) is 10.6. The van der Waals surface area contributed by atoms with Gasteiger partial charge in [0.15, 0.2) is 0 Å². The number of nitrogens with zero attached hydrogens (tertiary/aromatic N) is 1. The highest BCUT2D eigenvalue weighted by Gasteiger charge is 2.31. The predicted octanol–water partition coefficient (Wildman–Crippen LogP) is 6.66. The number of rotatable bonds is 6. The molecule has 0 saturated carbocycles. The van der Waals surface area contributed by atoms with Crippen LogP contribution in [0.15, 0.2) is 102 Å². The quantitative estimate of drug-likeness (QED) is 0.224. The lowest BCUT2D eigenvalue weighted by Gasteiger charge is -2.27. The van der Waals surface area contributed by atoms with E-state index in [2.05, 4.69) is 6.07 Å². The van der Waals surface area contributed by atoms with Crippen LogP contribution < -0.4 is 19.9 Å². The van der Waals surface area contributed by atoms with E-state index in [1.807, 2.05) is 61.5 Å². The fourth-order valence-corrected chi connectivity index (χ4v) is 4.44. The Morgan fingerprint density at radius 3 is 2.55 bits per heavy atom. The van der Waals surface area contributed by atoms with Gasteiger partial charge < -0.3 is 19.9 Å². The molecule has 0 aliphatic carbocycles. The van der Waals surface area contributed by atoms with E-state index in [1.165, 1.54) is 0 Å². The van der Waals surface area contributed by atoms with E-state index in [1.54, 1.807) is 36.4 Å². The molecule has 38 heavy (non-hydrogen) atoms. The molecule has 1 atom stereocenters. The summed E-state index contributed by atoms with van der Waals surface area (Å²) < 4.78 is 17.4. The van der Waals surface area contributed by atoms with Gasteiger partial charge >= 0.3 is 5.97 Å². The summed E-state index contributed by atoms with van der Waals surface area (Å²) in [5.74, 6) is 0.401. The number of allylic oxidation sites excluding steroid dienone is 1. The lowest BCUT2D eigenvalue weighted by atomic mass is 9.83. The van der Waals surface area contributed by atoms with Crippen LogP contribution in [0.3, 0.4) is 0 Å². The van der Waals surface area contributed by atoms with Crippen molar-refractivity contribution in [3.05, 3.63) is 135 Å². The molecule has 1 aliphatic rings. The molecular weight excluding hydrogens is 500 g/mol. The summed E-state index contributed by atoms with van der Waals surface area (Å²) in [6.45, 7) is 2.27. The Labute approximate surface area is 225 Å². The molecule has 0 fully saturated rings. The van der Waals surface area contributed by atoms with Crippen LogP contribution in [0, 0.1) is 18.3 Å². The van der Waals surface area contributed by atoms with Gasteiger partial charge in [0.25, 0.3) is 0 Å². The van der Waals surface area contributed by atoms with E-state index < -0.39 is 11.9 Å². The summed E-state index contributed by atoms with van der Waals surface area (Å²) in [6.07, 6.45) is 0. The van der Waals surface area contributed by atoms with Crippen LogP contribution in [0.4, 0.5) is 0 Å². The van der Waals surface area contributed by atoms with Crippen molar-refractivity contribution in [3.63, 3.8) is 0 Å². The molecule has 0 saturated heterocycles. The van der Waals surface area contributed by atoms with Crippen molar-refractivity contribution in [2.24, 2.45) is 5.73 Å². The van der Waals surface area contributed by atoms with Crippen LogP contribution in [0.2, 0.25) is 5.02 Å². The lowest BCUT2D eigenvalue weighted by molar-refractivity contribution is 0.0734. The highest BCUT2D eigenvalue weighted by atomic mass is 35.5. The molecule has 7 heteroatoms. The van der Waals surface area contributed by atoms with Crippen LogP contribution in [0.1, 0.15) is 38.5 Å². The molecule has 0 radical (unpaired) electrons. The molecule has 1 unspecified atom stereocenters. The topological polar surface area (TPSA) is 94.6 Å². The second-order valence-corrected chi connectivity index (χ2v) is 9.31. The van der Waals surface area contributed by atoms with E-state index in [4.69, 9.17) is 31.5 Å². The number of halogens is 1. The van der Waals surface area contributed by atoms with Crippen molar-refractivity contribution in [1.29, 1.82) is 5.26 Å². The van der Waals surface area contributed by atoms with Crippen molar-refractivity contribution >= 4 is 17.6 Å². The maximum absolute atomic E-state index is 12.6. The normalized spacial score (nSPS) is 14.2. The molecular formula is C31H23ClN2O4. The monoisotopic (exact) mass is 522 g/mol. The molecule has 4 aromatic carbocycles. The van der Waals surface area contributed by atoms with Gasteiger partial charge in [0, 0.05) is 16.7 Å². The predicted molar refractivity (Wildman–Crippen MR) is 144 cm³/mol. The van der Waals surface area contributed by atoms with Crippen LogP contribution in [-0.2, 0) is 6.61 Å². The third-order valence-corrected chi connectivity index (χ3v) is 6.42. The van der Waals surface area contributed by atoms with Crippen molar-refractivity contribution in [2.45, 2.75) is 19.4 Å². The zero-order valence-electron chi connectivity index (χ0n) is 20.5. The Morgan fingerprint density at radius 1 is 1.00 bits per heavy atom. The second-order valence-electron chi connectivity index (χ2n) is 8.87. The zero-order chi connectivity index (χ0) is 26.6. The average molecular weight is 523 g/mol. The summed E-state index contributed by atoms with van der Waals surface area (Å²) in [6, 6.07) is 29.4. The molecule has 1 heterocycles. The molecule has 1 aliphatic heterocycles. The number of carbonyl (C=O) groups is 1. The van der Waals surface area contributed by atoms with Crippen LogP contribution in [0.5, 0.6) is 17.2 Å². The fourth-order valence-electron chi connectivity index (χ4n) is 4.31. The number of esters is 1. The zero-order valence-corrected chi connectivity index (χ0v) is 21.2. The van der Waals surface area contributed by atoms with Crippen LogP contribution in [0.25, 0.3) is 0 Å². The highest BCUT2D eigenvalue weighted by molar-refractivity contribution is 6.30. The Bertz CT molecular complexity index is 1590. The van der Waals surface area contributed by atoms with Gasteiger partial charge in [-0.2, -0.15) is 5.26 Å². The molecule has 6 nitrogen and oxygen atoms in total. The third kappa shape index (κ3) is 5.34. The van der Waals surface area contributed by atoms with Crippen molar-refractivity contribution < 1.29 is 19.0 Å². The Kier molecular flexibility index (Phi) is 7.03. The van der Waals surface area contributed by atoms with E-state index in [0.717, 1.165) is 22.3 Å². The minimum Gasteiger partial charge on any atom is -0.489 e. The average Bonchev–Trinajstić information content (AvgIpc) is 2.92. The highest BCUT2D eigenvalue weighted by Crippen LogP contribution is 2.44. The number of benzene rings is 4. The number of carbonyl (C=O) groups excluding carboxylic acids is 1. The number of ether oxygens (including phenoxy) is 3. The van der Waals surface area contributed by atoms with Crippen molar-refractivity contribution in [1.82, 2.24) is 0 Å². The third-order valence-electron chi connectivity index (χ3n) is 6.17. The molecule has 0 amide bonds. The fraction of sp³-hybridized carbons (Fsp3) is 0.0968.